The van der Waals surface area contributed by atoms with Gasteiger partial charge < -0.3 is 4.74 Å². The molecule has 2 unspecified atom stereocenters. The van der Waals surface area contributed by atoms with Crippen LogP contribution in [-0.2, 0) is 4.74 Å². The third kappa shape index (κ3) is 2.17. The maximum absolute atomic E-state index is 8.79. The van der Waals surface area contributed by atoms with E-state index in [1.165, 1.54) is 0 Å². The molecular formula is C12H14N2O. The van der Waals surface area contributed by atoms with E-state index in [4.69, 9.17) is 10.00 Å². The van der Waals surface area contributed by atoms with Crippen LogP contribution in [0.1, 0.15) is 30.7 Å². The van der Waals surface area contributed by atoms with Gasteiger partial charge in [-0.1, -0.05) is 19.1 Å². The van der Waals surface area contributed by atoms with Gasteiger partial charge in [-0.2, -0.15) is 5.26 Å². The zero-order valence-electron chi connectivity index (χ0n) is 8.73. The van der Waals surface area contributed by atoms with Gasteiger partial charge in [0.1, 0.15) is 6.23 Å². The number of rotatable bonds is 2. The molecule has 0 spiro atoms. The summed E-state index contributed by atoms with van der Waals surface area (Å²) in [7, 11) is 0. The molecule has 3 heteroatoms. The Morgan fingerprint density at radius 1 is 1.60 bits per heavy atom. The van der Waals surface area contributed by atoms with E-state index in [2.05, 4.69) is 18.3 Å². The molecule has 3 nitrogen and oxygen atoms in total. The highest BCUT2D eigenvalue weighted by molar-refractivity contribution is 5.33. The fraction of sp³-hybridized carbons (Fsp3) is 0.417. The van der Waals surface area contributed by atoms with Crippen molar-refractivity contribution in [3.05, 3.63) is 35.4 Å². The average molecular weight is 202 g/mol. The Kier molecular flexibility index (Phi) is 3.00. The predicted molar refractivity (Wildman–Crippen MR) is 57.1 cm³/mol. The maximum Gasteiger partial charge on any atom is 0.134 e. The summed E-state index contributed by atoms with van der Waals surface area (Å²) >= 11 is 0. The molecule has 1 saturated heterocycles. The van der Waals surface area contributed by atoms with Crippen LogP contribution in [0.5, 0.6) is 0 Å². The summed E-state index contributed by atoms with van der Waals surface area (Å²) in [6, 6.07) is 9.67. The third-order valence-corrected chi connectivity index (χ3v) is 2.63. The van der Waals surface area contributed by atoms with Gasteiger partial charge >= 0.3 is 0 Å². The molecule has 0 aromatic heterocycles. The Bertz CT molecular complexity index is 383. The topological polar surface area (TPSA) is 45.0 Å². The smallest absolute Gasteiger partial charge is 0.134 e. The molecule has 0 bridgehead atoms. The van der Waals surface area contributed by atoms with E-state index in [1.54, 1.807) is 6.07 Å². The monoisotopic (exact) mass is 202 g/mol. The van der Waals surface area contributed by atoms with Crippen LogP contribution in [-0.4, -0.2) is 12.6 Å². The van der Waals surface area contributed by atoms with Gasteiger partial charge in [0.15, 0.2) is 0 Å². The Balaban J connectivity index is 2.14. The van der Waals surface area contributed by atoms with E-state index >= 15 is 0 Å². The molecule has 15 heavy (non-hydrogen) atoms. The minimum absolute atomic E-state index is 0.0525. The minimum atomic E-state index is -0.0525. The molecule has 1 fully saturated rings. The maximum atomic E-state index is 8.79. The van der Waals surface area contributed by atoms with Crippen molar-refractivity contribution in [3.63, 3.8) is 0 Å². The first-order valence-corrected chi connectivity index (χ1v) is 5.22. The minimum Gasteiger partial charge on any atom is -0.355 e. The van der Waals surface area contributed by atoms with Crippen molar-refractivity contribution < 1.29 is 4.74 Å². The second-order valence-corrected chi connectivity index (χ2v) is 3.69. The van der Waals surface area contributed by atoms with Crippen LogP contribution >= 0.6 is 0 Å². The summed E-state index contributed by atoms with van der Waals surface area (Å²) in [5.41, 5.74) is 1.71. The van der Waals surface area contributed by atoms with Crippen molar-refractivity contribution in [2.45, 2.75) is 25.7 Å². The second-order valence-electron chi connectivity index (χ2n) is 3.69. The Morgan fingerprint density at radius 2 is 2.47 bits per heavy atom. The van der Waals surface area contributed by atoms with Crippen LogP contribution in [0.4, 0.5) is 0 Å². The lowest BCUT2D eigenvalue weighted by Gasteiger charge is -2.11. The summed E-state index contributed by atoms with van der Waals surface area (Å²) in [6.45, 7) is 3.00. The fourth-order valence-corrected chi connectivity index (χ4v) is 1.74. The van der Waals surface area contributed by atoms with Crippen LogP contribution in [0, 0.1) is 11.3 Å². The first kappa shape index (κ1) is 10.2. The van der Waals surface area contributed by atoms with Crippen LogP contribution in [0.25, 0.3) is 0 Å². The highest BCUT2D eigenvalue weighted by Crippen LogP contribution is 2.23. The van der Waals surface area contributed by atoms with Crippen LogP contribution in [0.2, 0.25) is 0 Å². The number of ether oxygens (including phenoxy) is 1. The number of hydrogen-bond donors (Lipinski definition) is 1. The lowest BCUT2D eigenvalue weighted by Crippen LogP contribution is -2.14. The summed E-state index contributed by atoms with van der Waals surface area (Å²) in [5, 5.41) is 12.1. The number of nitriles is 1. The van der Waals surface area contributed by atoms with Gasteiger partial charge in [-0.25, -0.2) is 0 Å². The molecule has 2 rings (SSSR count). The lowest BCUT2D eigenvalue weighted by atomic mass is 10.1. The predicted octanol–water partition coefficient (Wildman–Crippen LogP) is 1.96. The number of benzene rings is 1. The molecule has 1 aliphatic heterocycles. The number of nitrogens with one attached hydrogen (secondary N) is 1. The van der Waals surface area contributed by atoms with E-state index in [0.717, 1.165) is 18.5 Å². The molecule has 0 aliphatic carbocycles. The van der Waals surface area contributed by atoms with Gasteiger partial charge in [-0.05, 0) is 24.1 Å². The molecule has 1 aromatic carbocycles. The normalized spacial score (nSPS) is 25.1. The summed E-state index contributed by atoms with van der Waals surface area (Å²) < 4.78 is 5.78. The molecule has 78 valence electrons. The van der Waals surface area contributed by atoms with Crippen molar-refractivity contribution in [1.29, 1.82) is 5.26 Å². The largest absolute Gasteiger partial charge is 0.355 e. The molecule has 1 aliphatic rings. The average Bonchev–Trinajstić information content (AvgIpc) is 2.78. The Hall–Kier alpha value is -1.37. The number of nitrogens with zero attached hydrogens (tertiary/aromatic N) is 1. The zero-order chi connectivity index (χ0) is 10.7. The highest BCUT2D eigenvalue weighted by atomic mass is 16.5. The van der Waals surface area contributed by atoms with E-state index in [9.17, 15) is 0 Å². The molecule has 2 atom stereocenters. The van der Waals surface area contributed by atoms with Gasteiger partial charge in [0.05, 0.1) is 17.7 Å². The van der Waals surface area contributed by atoms with Crippen molar-refractivity contribution in [1.82, 2.24) is 5.32 Å². The van der Waals surface area contributed by atoms with Crippen LogP contribution in [0.3, 0.4) is 0 Å². The molecule has 0 saturated carbocycles. The van der Waals surface area contributed by atoms with Crippen molar-refractivity contribution in [2.24, 2.45) is 0 Å². The van der Waals surface area contributed by atoms with E-state index < -0.39 is 0 Å². The van der Waals surface area contributed by atoms with Crippen LogP contribution < -0.4 is 5.32 Å². The molecule has 1 heterocycles. The van der Waals surface area contributed by atoms with Crippen molar-refractivity contribution in [3.8, 4) is 6.07 Å². The summed E-state index contributed by atoms with van der Waals surface area (Å²) in [6.07, 6.45) is 1.26. The Morgan fingerprint density at radius 3 is 3.13 bits per heavy atom. The van der Waals surface area contributed by atoms with Gasteiger partial charge in [0, 0.05) is 6.54 Å². The Labute approximate surface area is 89.7 Å². The zero-order valence-corrected chi connectivity index (χ0v) is 8.73. The van der Waals surface area contributed by atoms with E-state index in [-0.39, 0.29) is 6.23 Å². The van der Waals surface area contributed by atoms with E-state index in [1.807, 2.05) is 18.2 Å². The molecule has 0 amide bonds. The van der Waals surface area contributed by atoms with Gasteiger partial charge in [0.25, 0.3) is 0 Å². The van der Waals surface area contributed by atoms with E-state index in [0.29, 0.717) is 11.7 Å². The third-order valence-electron chi connectivity index (χ3n) is 2.63. The standard InChI is InChI=1S/C12H14N2O/c1-2-11-8-14-12(15-11)10-5-3-4-9(6-10)7-13/h3-6,11-12,14H,2,8H2,1H3. The highest BCUT2D eigenvalue weighted by Gasteiger charge is 2.24. The summed E-state index contributed by atoms with van der Waals surface area (Å²) in [5.74, 6) is 0. The quantitative estimate of drug-likeness (QED) is 0.797. The molecule has 1 N–H and O–H groups in total. The van der Waals surface area contributed by atoms with Crippen molar-refractivity contribution in [2.75, 3.05) is 6.54 Å². The SMILES string of the molecule is CCC1CNC(c2cccc(C#N)c2)O1. The molecular weight excluding hydrogens is 188 g/mol. The van der Waals surface area contributed by atoms with Gasteiger partial charge in [-0.15, -0.1) is 0 Å². The first-order chi connectivity index (χ1) is 7.33. The lowest BCUT2D eigenvalue weighted by molar-refractivity contribution is 0.0394. The molecule has 1 aromatic rings. The van der Waals surface area contributed by atoms with Crippen molar-refractivity contribution >= 4 is 0 Å². The van der Waals surface area contributed by atoms with Gasteiger partial charge in [-0.3, -0.25) is 5.32 Å². The fourth-order valence-electron chi connectivity index (χ4n) is 1.74. The molecule has 0 radical (unpaired) electrons. The number of hydrogen-bond acceptors (Lipinski definition) is 3. The van der Waals surface area contributed by atoms with Crippen LogP contribution in [0.15, 0.2) is 24.3 Å². The van der Waals surface area contributed by atoms with Gasteiger partial charge in [0.2, 0.25) is 0 Å². The summed E-state index contributed by atoms with van der Waals surface area (Å²) in [4.78, 5) is 0. The first-order valence-electron chi connectivity index (χ1n) is 5.22. The second kappa shape index (κ2) is 4.43.